The maximum Gasteiger partial charge on any atom is 0.0431 e. The molecule has 4 heteroatoms. The minimum Gasteiger partial charge on any atom is -0.396 e. The smallest absolute Gasteiger partial charge is 0.0431 e. The van der Waals surface area contributed by atoms with Gasteiger partial charge in [0.15, 0.2) is 0 Å². The van der Waals surface area contributed by atoms with Crippen molar-refractivity contribution in [3.8, 4) is 0 Å². The molecule has 0 saturated carbocycles. The Morgan fingerprint density at radius 2 is 1.11 bits per heavy atom. The molecule has 0 amide bonds. The van der Waals surface area contributed by atoms with Crippen molar-refractivity contribution in [2.24, 2.45) is 0 Å². The van der Waals surface area contributed by atoms with E-state index in [1.54, 1.807) is 0 Å². The molecule has 0 atom stereocenters. The average molecular weight is 158 g/mol. The molecule has 0 radical (unpaired) electrons. The zero-order valence-electron chi connectivity index (χ0n) is 5.55. The van der Waals surface area contributed by atoms with Gasteiger partial charge in [-0.25, -0.2) is 0 Å². The highest BCUT2D eigenvalue weighted by molar-refractivity contribution is 5.85. The molecule has 0 aliphatic carbocycles. The molecule has 9 heavy (non-hydrogen) atoms. The molecular weight excluding hydrogens is 142 g/mol. The third kappa shape index (κ3) is 17.9. The van der Waals surface area contributed by atoms with Crippen LogP contribution in [0.5, 0.6) is 0 Å². The van der Waals surface area contributed by atoms with E-state index < -0.39 is 0 Å². The van der Waals surface area contributed by atoms with Gasteiger partial charge in [0, 0.05) is 13.2 Å². The molecule has 5 N–H and O–H groups in total. The molecule has 0 fully saturated rings. The van der Waals surface area contributed by atoms with Crippen molar-refractivity contribution in [2.45, 2.75) is 19.3 Å². The van der Waals surface area contributed by atoms with Crippen LogP contribution in [0.4, 0.5) is 0 Å². The van der Waals surface area contributed by atoms with E-state index in [1.165, 1.54) is 0 Å². The first-order valence-electron chi connectivity index (χ1n) is 2.63. The summed E-state index contributed by atoms with van der Waals surface area (Å²) in [7, 11) is 0. The topological polar surface area (TPSA) is 75.5 Å². The van der Waals surface area contributed by atoms with E-state index in [9.17, 15) is 0 Å². The third-order valence-corrected chi connectivity index (χ3v) is 0.816. The molecule has 0 aromatic rings. The fourth-order valence-corrected chi connectivity index (χ4v) is 0.400. The monoisotopic (exact) mass is 157 g/mol. The Labute approximate surface area is 62.1 Å². The van der Waals surface area contributed by atoms with Crippen LogP contribution in [0.15, 0.2) is 0 Å². The van der Waals surface area contributed by atoms with Crippen LogP contribution in [0.3, 0.4) is 0 Å². The van der Waals surface area contributed by atoms with Crippen LogP contribution in [-0.2, 0) is 0 Å². The van der Waals surface area contributed by atoms with Crippen molar-refractivity contribution < 1.29 is 10.2 Å². The first-order valence-corrected chi connectivity index (χ1v) is 2.63. The van der Waals surface area contributed by atoms with Crippen LogP contribution in [0.2, 0.25) is 0 Å². The maximum absolute atomic E-state index is 8.21. The van der Waals surface area contributed by atoms with Gasteiger partial charge in [-0.2, -0.15) is 0 Å². The number of hydrogen-bond acceptors (Lipinski definition) is 3. The van der Waals surface area contributed by atoms with E-state index in [2.05, 4.69) is 0 Å². The van der Waals surface area contributed by atoms with E-state index in [4.69, 9.17) is 10.2 Å². The first-order chi connectivity index (χ1) is 3.41. The van der Waals surface area contributed by atoms with Gasteiger partial charge in [0.25, 0.3) is 0 Å². The fourth-order valence-electron chi connectivity index (χ4n) is 0.400. The summed E-state index contributed by atoms with van der Waals surface area (Å²) < 4.78 is 0. The Balaban J connectivity index is -0.000000180. The second-order valence-electron chi connectivity index (χ2n) is 1.51. The highest BCUT2D eigenvalue weighted by Crippen LogP contribution is 1.90. The molecule has 0 spiro atoms. The molecule has 0 heterocycles. The van der Waals surface area contributed by atoms with Crippen LogP contribution in [-0.4, -0.2) is 23.4 Å². The van der Waals surface area contributed by atoms with Gasteiger partial charge in [-0.05, 0) is 19.3 Å². The molecule has 0 aliphatic heterocycles. The summed E-state index contributed by atoms with van der Waals surface area (Å²) in [6.07, 6.45) is 2.58. The van der Waals surface area contributed by atoms with Crippen LogP contribution >= 0.6 is 12.4 Å². The quantitative estimate of drug-likeness (QED) is 0.527. The molecule has 0 aliphatic rings. The minimum atomic E-state index is 0. The molecular formula is C5H16ClNO2. The maximum atomic E-state index is 8.21. The zero-order chi connectivity index (χ0) is 5.54. The van der Waals surface area contributed by atoms with Gasteiger partial charge < -0.3 is 16.4 Å². The highest BCUT2D eigenvalue weighted by Gasteiger charge is 1.81. The van der Waals surface area contributed by atoms with Gasteiger partial charge >= 0.3 is 0 Å². The van der Waals surface area contributed by atoms with E-state index in [1.807, 2.05) is 0 Å². The Hall–Kier alpha value is 0.170. The minimum absolute atomic E-state index is 0. The second-order valence-corrected chi connectivity index (χ2v) is 1.51. The number of rotatable bonds is 4. The number of hydrogen-bond donors (Lipinski definition) is 3. The Kier molecular flexibility index (Phi) is 28.1. The Morgan fingerprint density at radius 3 is 1.33 bits per heavy atom. The third-order valence-electron chi connectivity index (χ3n) is 0.816. The lowest BCUT2D eigenvalue weighted by Crippen LogP contribution is -1.85. The summed E-state index contributed by atoms with van der Waals surface area (Å²) in [5.41, 5.74) is 0. The van der Waals surface area contributed by atoms with Crippen LogP contribution in [0, 0.1) is 0 Å². The lowest BCUT2D eigenvalue weighted by molar-refractivity contribution is 0.257. The van der Waals surface area contributed by atoms with E-state index in [-0.39, 0.29) is 31.8 Å². The molecule has 0 rings (SSSR count). The molecule has 0 saturated heterocycles. The second kappa shape index (κ2) is 15.7. The van der Waals surface area contributed by atoms with Crippen molar-refractivity contribution in [1.29, 1.82) is 0 Å². The van der Waals surface area contributed by atoms with Crippen LogP contribution in [0.1, 0.15) is 19.3 Å². The number of aliphatic hydroxyl groups is 2. The van der Waals surface area contributed by atoms with Crippen LogP contribution < -0.4 is 6.15 Å². The van der Waals surface area contributed by atoms with E-state index in [0.717, 1.165) is 19.3 Å². The summed E-state index contributed by atoms with van der Waals surface area (Å²) in [6.45, 7) is 0.500. The standard InChI is InChI=1S/C5H12O2.ClH.H3N/c6-4-2-1-3-5-7;;/h6-7H,1-5H2;1H;1H3. The Bertz CT molecular complexity index is 34.1. The first kappa shape index (κ1) is 16.1. The molecule has 0 aromatic heterocycles. The summed E-state index contributed by atoms with van der Waals surface area (Å²) >= 11 is 0. The van der Waals surface area contributed by atoms with Gasteiger partial charge in [-0.15, -0.1) is 12.4 Å². The van der Waals surface area contributed by atoms with Gasteiger partial charge in [0.1, 0.15) is 0 Å². The van der Waals surface area contributed by atoms with Gasteiger partial charge in [-0.3, -0.25) is 0 Å². The average Bonchev–Trinajstić information content (AvgIpc) is 1.69. The summed E-state index contributed by atoms with van der Waals surface area (Å²) in [5.74, 6) is 0. The number of unbranched alkanes of at least 4 members (excludes halogenated alkanes) is 2. The van der Waals surface area contributed by atoms with Gasteiger partial charge in [0.2, 0.25) is 0 Å². The predicted molar refractivity (Wildman–Crippen MR) is 40.3 cm³/mol. The van der Waals surface area contributed by atoms with Crippen molar-refractivity contribution in [3.63, 3.8) is 0 Å². The molecule has 3 nitrogen and oxygen atoms in total. The molecule has 0 aromatic carbocycles. The van der Waals surface area contributed by atoms with Crippen molar-refractivity contribution in [1.82, 2.24) is 6.15 Å². The van der Waals surface area contributed by atoms with Gasteiger partial charge in [0.05, 0.1) is 0 Å². The lowest BCUT2D eigenvalue weighted by Gasteiger charge is -1.90. The largest absolute Gasteiger partial charge is 0.396 e. The predicted octanol–water partition coefficient (Wildman–Crippen LogP) is 0.725. The molecule has 60 valence electrons. The molecule has 0 bridgehead atoms. The lowest BCUT2D eigenvalue weighted by atomic mass is 10.2. The van der Waals surface area contributed by atoms with E-state index >= 15 is 0 Å². The SMILES string of the molecule is Cl.N.OCCCCCO. The fraction of sp³-hybridized carbons (Fsp3) is 1.00. The van der Waals surface area contributed by atoms with Gasteiger partial charge in [-0.1, -0.05) is 0 Å². The van der Waals surface area contributed by atoms with E-state index in [0.29, 0.717) is 0 Å². The van der Waals surface area contributed by atoms with Crippen molar-refractivity contribution in [2.75, 3.05) is 13.2 Å². The summed E-state index contributed by atoms with van der Waals surface area (Å²) in [6, 6.07) is 0. The summed E-state index contributed by atoms with van der Waals surface area (Å²) in [4.78, 5) is 0. The van der Waals surface area contributed by atoms with Crippen LogP contribution in [0.25, 0.3) is 0 Å². The Morgan fingerprint density at radius 1 is 0.778 bits per heavy atom. The zero-order valence-corrected chi connectivity index (χ0v) is 6.36. The van der Waals surface area contributed by atoms with Crippen molar-refractivity contribution >= 4 is 12.4 Å². The van der Waals surface area contributed by atoms with Crippen molar-refractivity contribution in [3.05, 3.63) is 0 Å². The summed E-state index contributed by atoms with van der Waals surface area (Å²) in [5, 5.41) is 16.4. The molecule has 0 unspecified atom stereocenters. The number of halogens is 1. The normalized spacial score (nSPS) is 7.33. The number of aliphatic hydroxyl groups excluding tert-OH is 2. The highest BCUT2D eigenvalue weighted by atomic mass is 35.5.